The number of carbonyl (C=O) groups excluding carboxylic acids is 1. The Morgan fingerprint density at radius 3 is 2.69 bits per heavy atom. The van der Waals surface area contributed by atoms with Crippen LogP contribution in [-0.4, -0.2) is 11.0 Å². The molecule has 0 radical (unpaired) electrons. The van der Waals surface area contributed by atoms with Crippen molar-refractivity contribution < 1.29 is 14.3 Å². The van der Waals surface area contributed by atoms with Crippen molar-refractivity contribution >= 4 is 5.91 Å². The van der Waals surface area contributed by atoms with Gasteiger partial charge in [-0.15, -0.1) is 0 Å². The van der Waals surface area contributed by atoms with Crippen molar-refractivity contribution in [3.63, 3.8) is 0 Å². The molecule has 1 aromatic rings. The van der Waals surface area contributed by atoms with Gasteiger partial charge in [0.15, 0.2) is 5.60 Å². The zero-order valence-corrected chi connectivity index (χ0v) is 7.12. The molecule has 0 aliphatic heterocycles. The van der Waals surface area contributed by atoms with Crippen molar-refractivity contribution in [2.24, 2.45) is 5.73 Å². The summed E-state index contributed by atoms with van der Waals surface area (Å²) >= 11 is 0. The molecule has 70 valence electrons. The molecule has 13 heavy (non-hydrogen) atoms. The lowest BCUT2D eigenvalue weighted by atomic mass is 9.95. The Morgan fingerprint density at radius 1 is 1.62 bits per heavy atom. The lowest BCUT2D eigenvalue weighted by molar-refractivity contribution is -0.135. The minimum Gasteiger partial charge on any atom is -0.376 e. The summed E-state index contributed by atoms with van der Waals surface area (Å²) in [6.45, 7) is 1.23. The van der Waals surface area contributed by atoms with Gasteiger partial charge in [0.25, 0.3) is 5.91 Å². The summed E-state index contributed by atoms with van der Waals surface area (Å²) in [6.07, 6.45) is 0. The minimum atomic E-state index is -1.82. The SMILES string of the molecule is CC(O)(C(N)=O)c1cccc(F)c1. The lowest BCUT2D eigenvalue weighted by Gasteiger charge is -2.19. The number of primary amides is 1. The Labute approximate surface area is 75.0 Å². The van der Waals surface area contributed by atoms with Gasteiger partial charge in [-0.05, 0) is 24.6 Å². The van der Waals surface area contributed by atoms with Crippen LogP contribution in [0.4, 0.5) is 4.39 Å². The third kappa shape index (κ3) is 1.84. The molecule has 1 aromatic carbocycles. The molecular weight excluding hydrogens is 173 g/mol. The highest BCUT2D eigenvalue weighted by atomic mass is 19.1. The second-order valence-electron chi connectivity index (χ2n) is 2.95. The smallest absolute Gasteiger partial charge is 0.253 e. The van der Waals surface area contributed by atoms with E-state index in [1.165, 1.54) is 25.1 Å². The Kier molecular flexibility index (Phi) is 2.34. The zero-order chi connectivity index (χ0) is 10.1. The van der Waals surface area contributed by atoms with E-state index in [4.69, 9.17) is 5.73 Å². The molecule has 0 fully saturated rings. The Bertz CT molecular complexity index is 336. The first-order chi connectivity index (χ1) is 5.94. The van der Waals surface area contributed by atoms with Crippen molar-refractivity contribution in [2.45, 2.75) is 12.5 Å². The first-order valence-corrected chi connectivity index (χ1v) is 3.73. The molecule has 3 nitrogen and oxygen atoms in total. The van der Waals surface area contributed by atoms with E-state index in [2.05, 4.69) is 0 Å². The Morgan fingerprint density at radius 2 is 2.23 bits per heavy atom. The van der Waals surface area contributed by atoms with Crippen LogP contribution in [0.3, 0.4) is 0 Å². The fourth-order valence-corrected chi connectivity index (χ4v) is 0.934. The number of amides is 1. The summed E-state index contributed by atoms with van der Waals surface area (Å²) in [6, 6.07) is 5.14. The topological polar surface area (TPSA) is 63.3 Å². The molecule has 1 rings (SSSR count). The maximum atomic E-state index is 12.7. The predicted octanol–water partition coefficient (Wildman–Crippen LogP) is 0.518. The van der Waals surface area contributed by atoms with E-state index in [1.54, 1.807) is 0 Å². The van der Waals surface area contributed by atoms with Crippen LogP contribution in [0.2, 0.25) is 0 Å². The molecule has 1 unspecified atom stereocenters. The standard InChI is InChI=1S/C9H10FNO2/c1-9(13,8(11)12)6-3-2-4-7(10)5-6/h2-5,13H,1H3,(H2,11,12). The van der Waals surface area contributed by atoms with Gasteiger partial charge in [0, 0.05) is 0 Å². The Balaban J connectivity index is 3.14. The Hall–Kier alpha value is -1.42. The van der Waals surface area contributed by atoms with Crippen molar-refractivity contribution in [3.8, 4) is 0 Å². The van der Waals surface area contributed by atoms with E-state index in [9.17, 15) is 14.3 Å². The summed E-state index contributed by atoms with van der Waals surface area (Å²) in [7, 11) is 0. The van der Waals surface area contributed by atoms with Gasteiger partial charge < -0.3 is 10.8 Å². The van der Waals surface area contributed by atoms with E-state index in [0.29, 0.717) is 0 Å². The van der Waals surface area contributed by atoms with Gasteiger partial charge in [0.05, 0.1) is 0 Å². The average molecular weight is 183 g/mol. The normalized spacial score (nSPS) is 15.0. The number of halogens is 1. The van der Waals surface area contributed by atoms with Crippen molar-refractivity contribution in [1.82, 2.24) is 0 Å². The zero-order valence-electron chi connectivity index (χ0n) is 7.12. The van der Waals surface area contributed by atoms with Crippen LogP contribution in [0.25, 0.3) is 0 Å². The number of hydrogen-bond acceptors (Lipinski definition) is 2. The van der Waals surface area contributed by atoms with Crippen molar-refractivity contribution in [1.29, 1.82) is 0 Å². The third-order valence-electron chi connectivity index (χ3n) is 1.87. The van der Waals surface area contributed by atoms with Gasteiger partial charge in [-0.1, -0.05) is 12.1 Å². The van der Waals surface area contributed by atoms with Gasteiger partial charge in [0.2, 0.25) is 0 Å². The van der Waals surface area contributed by atoms with E-state index in [0.717, 1.165) is 6.07 Å². The summed E-state index contributed by atoms with van der Waals surface area (Å²) < 4.78 is 12.7. The van der Waals surface area contributed by atoms with E-state index in [-0.39, 0.29) is 5.56 Å². The van der Waals surface area contributed by atoms with Gasteiger partial charge in [-0.2, -0.15) is 0 Å². The molecule has 0 heterocycles. The molecule has 0 aliphatic rings. The second-order valence-corrected chi connectivity index (χ2v) is 2.95. The first kappa shape index (κ1) is 9.67. The molecule has 1 atom stereocenters. The molecule has 0 saturated heterocycles. The molecule has 3 N–H and O–H groups in total. The lowest BCUT2D eigenvalue weighted by Crippen LogP contribution is -2.38. The highest BCUT2D eigenvalue weighted by molar-refractivity contribution is 5.84. The number of benzene rings is 1. The molecule has 0 aromatic heterocycles. The molecule has 0 bridgehead atoms. The quantitative estimate of drug-likeness (QED) is 0.702. The van der Waals surface area contributed by atoms with Crippen molar-refractivity contribution in [3.05, 3.63) is 35.6 Å². The minimum absolute atomic E-state index is 0.153. The van der Waals surface area contributed by atoms with E-state index in [1.807, 2.05) is 0 Å². The van der Waals surface area contributed by atoms with Gasteiger partial charge in [-0.3, -0.25) is 4.79 Å². The predicted molar refractivity (Wildman–Crippen MR) is 45.2 cm³/mol. The van der Waals surface area contributed by atoms with Crippen LogP contribution < -0.4 is 5.73 Å². The molecule has 0 spiro atoms. The highest BCUT2D eigenvalue weighted by Crippen LogP contribution is 2.20. The number of hydrogen-bond donors (Lipinski definition) is 2. The van der Waals surface area contributed by atoms with Crippen LogP contribution in [-0.2, 0) is 10.4 Å². The molecule has 0 saturated carbocycles. The van der Waals surface area contributed by atoms with E-state index >= 15 is 0 Å². The van der Waals surface area contributed by atoms with Crippen molar-refractivity contribution in [2.75, 3.05) is 0 Å². The number of rotatable bonds is 2. The van der Waals surface area contributed by atoms with Gasteiger partial charge in [0.1, 0.15) is 5.82 Å². The number of carbonyl (C=O) groups is 1. The summed E-state index contributed by atoms with van der Waals surface area (Å²) in [4.78, 5) is 10.8. The largest absolute Gasteiger partial charge is 0.376 e. The van der Waals surface area contributed by atoms with E-state index < -0.39 is 17.3 Å². The fraction of sp³-hybridized carbons (Fsp3) is 0.222. The summed E-state index contributed by atoms with van der Waals surface area (Å²) in [5.74, 6) is -1.42. The maximum Gasteiger partial charge on any atom is 0.253 e. The second kappa shape index (κ2) is 3.14. The fourth-order valence-electron chi connectivity index (χ4n) is 0.934. The summed E-state index contributed by atoms with van der Waals surface area (Å²) in [5, 5.41) is 9.55. The maximum absolute atomic E-state index is 12.7. The third-order valence-corrected chi connectivity index (χ3v) is 1.87. The monoisotopic (exact) mass is 183 g/mol. The number of aliphatic hydroxyl groups is 1. The highest BCUT2D eigenvalue weighted by Gasteiger charge is 2.29. The number of nitrogens with two attached hydrogens (primary N) is 1. The molecule has 4 heteroatoms. The molecule has 0 aliphatic carbocycles. The average Bonchev–Trinajstić information content (AvgIpc) is 2.04. The first-order valence-electron chi connectivity index (χ1n) is 3.73. The van der Waals surface area contributed by atoms with Crippen LogP contribution in [0.1, 0.15) is 12.5 Å². The van der Waals surface area contributed by atoms with Gasteiger partial charge in [-0.25, -0.2) is 4.39 Å². The van der Waals surface area contributed by atoms with Gasteiger partial charge >= 0.3 is 0 Å². The summed E-state index contributed by atoms with van der Waals surface area (Å²) in [5.41, 5.74) is 3.28. The molecule has 1 amide bonds. The van der Waals surface area contributed by atoms with Crippen LogP contribution in [0.15, 0.2) is 24.3 Å². The molecular formula is C9H10FNO2. The van der Waals surface area contributed by atoms with Crippen LogP contribution in [0, 0.1) is 5.82 Å². The van der Waals surface area contributed by atoms with Crippen LogP contribution >= 0.6 is 0 Å². The van der Waals surface area contributed by atoms with Crippen LogP contribution in [0.5, 0.6) is 0 Å².